The lowest BCUT2D eigenvalue weighted by atomic mass is 10.0. The van der Waals surface area contributed by atoms with Gasteiger partial charge in [-0.15, -0.1) is 0 Å². The third-order valence-electron chi connectivity index (χ3n) is 3.38. The van der Waals surface area contributed by atoms with Crippen molar-refractivity contribution in [3.05, 3.63) is 53.7 Å². The van der Waals surface area contributed by atoms with E-state index in [1.165, 1.54) is 6.07 Å². The van der Waals surface area contributed by atoms with Gasteiger partial charge in [0.05, 0.1) is 12.5 Å². The van der Waals surface area contributed by atoms with Gasteiger partial charge in [-0.25, -0.2) is 4.39 Å². The quantitative estimate of drug-likeness (QED) is 0.871. The molecule has 2 aromatic rings. The fourth-order valence-electron chi connectivity index (χ4n) is 2.44. The molecule has 20 heavy (non-hydrogen) atoms. The second-order valence-electron chi connectivity index (χ2n) is 4.94. The number of halogens is 1. The lowest BCUT2D eigenvalue weighted by Gasteiger charge is -2.25. The monoisotopic (exact) mass is 276 g/mol. The highest BCUT2D eigenvalue weighted by Gasteiger charge is 2.17. The van der Waals surface area contributed by atoms with Crippen LogP contribution in [0.25, 0.3) is 0 Å². The average molecular weight is 276 g/mol. The third-order valence-corrected chi connectivity index (χ3v) is 3.38. The Morgan fingerprint density at radius 1 is 1.35 bits per heavy atom. The Labute approximate surface area is 119 Å². The molecule has 3 nitrogen and oxygen atoms in total. The van der Waals surface area contributed by atoms with Gasteiger partial charge in [-0.05, 0) is 31.7 Å². The first-order valence-corrected chi connectivity index (χ1v) is 6.87. The van der Waals surface area contributed by atoms with Crippen LogP contribution in [-0.4, -0.2) is 13.6 Å². The summed E-state index contributed by atoms with van der Waals surface area (Å²) in [6, 6.07) is 7.11. The number of furan rings is 1. The van der Waals surface area contributed by atoms with Crippen LogP contribution in [0.4, 0.5) is 10.1 Å². The fourth-order valence-corrected chi connectivity index (χ4v) is 2.44. The Morgan fingerprint density at radius 3 is 2.80 bits per heavy atom. The lowest BCUT2D eigenvalue weighted by molar-refractivity contribution is 0.539. The van der Waals surface area contributed by atoms with Gasteiger partial charge in [-0.3, -0.25) is 0 Å². The highest BCUT2D eigenvalue weighted by Crippen LogP contribution is 2.29. The van der Waals surface area contributed by atoms with E-state index in [0.717, 1.165) is 17.8 Å². The van der Waals surface area contributed by atoms with E-state index in [1.54, 1.807) is 18.6 Å². The molecule has 108 valence electrons. The van der Waals surface area contributed by atoms with Crippen LogP contribution in [0.2, 0.25) is 0 Å². The van der Waals surface area contributed by atoms with E-state index in [1.807, 2.05) is 37.9 Å². The van der Waals surface area contributed by atoms with Crippen LogP contribution in [0.3, 0.4) is 0 Å². The number of benzene rings is 1. The molecule has 0 amide bonds. The molecule has 0 fully saturated rings. The Balaban J connectivity index is 2.28. The number of anilines is 1. The summed E-state index contributed by atoms with van der Waals surface area (Å²) in [4.78, 5) is 2.04. The minimum absolute atomic E-state index is 0.0250. The van der Waals surface area contributed by atoms with E-state index in [4.69, 9.17) is 4.42 Å². The van der Waals surface area contributed by atoms with Crippen LogP contribution in [-0.2, 0) is 6.54 Å². The third kappa shape index (κ3) is 3.20. The second kappa shape index (κ2) is 6.57. The molecule has 1 heterocycles. The van der Waals surface area contributed by atoms with Crippen molar-refractivity contribution in [3.63, 3.8) is 0 Å². The van der Waals surface area contributed by atoms with Crippen LogP contribution in [0, 0.1) is 5.82 Å². The summed E-state index contributed by atoms with van der Waals surface area (Å²) in [5.74, 6) is -0.171. The van der Waals surface area contributed by atoms with Gasteiger partial charge in [-0.1, -0.05) is 13.0 Å². The molecule has 4 heteroatoms. The Hall–Kier alpha value is -1.81. The zero-order valence-electron chi connectivity index (χ0n) is 12.2. The Bertz CT molecular complexity index is 539. The number of nitrogens with one attached hydrogen (secondary N) is 1. The molecule has 0 bridgehead atoms. The van der Waals surface area contributed by atoms with Crippen LogP contribution in [0.15, 0.2) is 41.2 Å². The standard InChI is InChI=1S/C16H21FN2O/c1-4-18-12(2)16-14(17)6-5-7-15(16)19(3)10-13-8-9-20-11-13/h5-9,11-12,18H,4,10H2,1-3H3. The number of hydrogen-bond acceptors (Lipinski definition) is 3. The summed E-state index contributed by atoms with van der Waals surface area (Å²) in [5, 5.41) is 3.27. The predicted octanol–water partition coefficient (Wildman–Crippen LogP) is 3.73. The Kier molecular flexibility index (Phi) is 4.79. The van der Waals surface area contributed by atoms with Crippen LogP contribution in [0.1, 0.15) is 31.0 Å². The van der Waals surface area contributed by atoms with E-state index in [2.05, 4.69) is 5.32 Å². The van der Waals surface area contributed by atoms with Gasteiger partial charge in [0, 0.05) is 36.4 Å². The molecule has 0 saturated carbocycles. The SMILES string of the molecule is CCNC(C)c1c(F)cccc1N(C)Cc1ccoc1. The van der Waals surface area contributed by atoms with E-state index >= 15 is 0 Å². The number of nitrogens with zero attached hydrogens (tertiary/aromatic N) is 1. The number of rotatable bonds is 6. The second-order valence-corrected chi connectivity index (χ2v) is 4.94. The van der Waals surface area contributed by atoms with Gasteiger partial charge in [0.1, 0.15) is 5.82 Å². The maximum absolute atomic E-state index is 14.2. The minimum Gasteiger partial charge on any atom is -0.472 e. The van der Waals surface area contributed by atoms with Gasteiger partial charge in [0.15, 0.2) is 0 Å². The Morgan fingerprint density at radius 2 is 2.15 bits per heavy atom. The van der Waals surface area contributed by atoms with Crippen LogP contribution in [0.5, 0.6) is 0 Å². The summed E-state index contributed by atoms with van der Waals surface area (Å²) in [5.41, 5.74) is 2.68. The summed E-state index contributed by atoms with van der Waals surface area (Å²) in [7, 11) is 1.96. The van der Waals surface area contributed by atoms with Crippen LogP contribution < -0.4 is 10.2 Å². The molecule has 0 aliphatic rings. The molecular formula is C16H21FN2O. The molecule has 0 saturated heterocycles. The molecule has 0 radical (unpaired) electrons. The van der Waals surface area contributed by atoms with Crippen molar-refractivity contribution in [2.75, 3.05) is 18.5 Å². The summed E-state index contributed by atoms with van der Waals surface area (Å²) < 4.78 is 19.3. The molecule has 0 spiro atoms. The smallest absolute Gasteiger partial charge is 0.130 e. The summed E-state index contributed by atoms with van der Waals surface area (Å²) in [6.07, 6.45) is 3.36. The van der Waals surface area contributed by atoms with Crippen LogP contribution >= 0.6 is 0 Å². The van der Waals surface area contributed by atoms with Crippen molar-refractivity contribution in [1.29, 1.82) is 0 Å². The fraction of sp³-hybridized carbons (Fsp3) is 0.375. The van der Waals surface area contributed by atoms with Crippen molar-refractivity contribution >= 4 is 5.69 Å². The van der Waals surface area contributed by atoms with E-state index in [0.29, 0.717) is 12.1 Å². The van der Waals surface area contributed by atoms with Crippen molar-refractivity contribution < 1.29 is 8.81 Å². The number of hydrogen-bond donors (Lipinski definition) is 1. The largest absolute Gasteiger partial charge is 0.472 e. The molecule has 0 aliphatic heterocycles. The highest BCUT2D eigenvalue weighted by molar-refractivity contribution is 5.55. The van der Waals surface area contributed by atoms with E-state index in [-0.39, 0.29) is 11.9 Å². The molecule has 0 aliphatic carbocycles. The highest BCUT2D eigenvalue weighted by atomic mass is 19.1. The molecule has 1 unspecified atom stereocenters. The average Bonchev–Trinajstić information content (AvgIpc) is 2.91. The van der Waals surface area contributed by atoms with Crippen molar-refractivity contribution in [3.8, 4) is 0 Å². The maximum atomic E-state index is 14.2. The zero-order valence-corrected chi connectivity index (χ0v) is 12.2. The molecule has 1 aromatic heterocycles. The van der Waals surface area contributed by atoms with Gasteiger partial charge >= 0.3 is 0 Å². The lowest BCUT2D eigenvalue weighted by Crippen LogP contribution is -2.24. The zero-order chi connectivity index (χ0) is 14.5. The van der Waals surface area contributed by atoms with Gasteiger partial charge in [0.25, 0.3) is 0 Å². The van der Waals surface area contributed by atoms with Gasteiger partial charge in [0.2, 0.25) is 0 Å². The van der Waals surface area contributed by atoms with Crippen molar-refractivity contribution in [2.24, 2.45) is 0 Å². The van der Waals surface area contributed by atoms with E-state index in [9.17, 15) is 4.39 Å². The molecular weight excluding hydrogens is 255 g/mol. The topological polar surface area (TPSA) is 28.4 Å². The predicted molar refractivity (Wildman–Crippen MR) is 79.3 cm³/mol. The maximum Gasteiger partial charge on any atom is 0.130 e. The molecule has 1 atom stereocenters. The first kappa shape index (κ1) is 14.6. The summed E-state index contributed by atoms with van der Waals surface area (Å²) in [6.45, 7) is 5.50. The first-order chi connectivity index (χ1) is 9.63. The molecule has 2 rings (SSSR count). The first-order valence-electron chi connectivity index (χ1n) is 6.87. The van der Waals surface area contributed by atoms with E-state index < -0.39 is 0 Å². The minimum atomic E-state index is -0.171. The van der Waals surface area contributed by atoms with Crippen molar-refractivity contribution in [1.82, 2.24) is 5.32 Å². The molecule has 1 aromatic carbocycles. The summed E-state index contributed by atoms with van der Waals surface area (Å²) >= 11 is 0. The van der Waals surface area contributed by atoms with Crippen molar-refractivity contribution in [2.45, 2.75) is 26.4 Å². The van der Waals surface area contributed by atoms with Gasteiger partial charge in [-0.2, -0.15) is 0 Å². The molecule has 1 N–H and O–H groups in total. The van der Waals surface area contributed by atoms with Gasteiger partial charge < -0.3 is 14.6 Å². The normalized spacial score (nSPS) is 12.4.